The lowest BCUT2D eigenvalue weighted by Crippen LogP contribution is -2.27. The van der Waals surface area contributed by atoms with E-state index in [1.54, 1.807) is 17.9 Å². The molecule has 0 aliphatic carbocycles. The highest BCUT2D eigenvalue weighted by atomic mass is 32.2. The molecule has 0 saturated carbocycles. The number of ether oxygens (including phenoxy) is 1. The number of benzene rings is 3. The molecule has 2 amide bonds. The molecule has 0 radical (unpaired) electrons. The van der Waals surface area contributed by atoms with Gasteiger partial charge < -0.3 is 4.74 Å². The van der Waals surface area contributed by atoms with E-state index in [0.717, 1.165) is 53.6 Å². The van der Waals surface area contributed by atoms with Crippen LogP contribution in [0, 0.1) is 0 Å². The van der Waals surface area contributed by atoms with Crippen molar-refractivity contribution in [2.24, 2.45) is 0 Å². The zero-order valence-electron chi connectivity index (χ0n) is 20.8. The smallest absolute Gasteiger partial charge is 0.298 e. The first-order valence-electron chi connectivity index (χ1n) is 12.2. The lowest BCUT2D eigenvalue weighted by Gasteiger charge is -2.13. The summed E-state index contributed by atoms with van der Waals surface area (Å²) in [4.78, 5) is 27.9. The predicted octanol–water partition coefficient (Wildman–Crippen LogP) is 7.13. The Labute approximate surface area is 220 Å². The molecule has 5 rings (SSSR count). The molecule has 3 aromatic carbocycles. The second-order valence-electron chi connectivity index (χ2n) is 8.73. The van der Waals surface area contributed by atoms with Crippen molar-refractivity contribution >= 4 is 34.7 Å². The maximum absolute atomic E-state index is 13.4. The quantitative estimate of drug-likeness (QED) is 0.236. The Balaban J connectivity index is 1.49. The molecule has 186 valence electrons. The molecule has 0 bridgehead atoms. The van der Waals surface area contributed by atoms with Crippen LogP contribution < -0.4 is 9.64 Å². The van der Waals surface area contributed by atoms with E-state index in [4.69, 9.17) is 9.84 Å². The third-order valence-electron chi connectivity index (χ3n) is 6.22. The standard InChI is InChI=1S/C30H27N3O3S/c1-3-4-8-21-11-15-25(16-12-21)33-29(34)27(37-30(33)35)19-23-20-32(24-9-6-5-7-10-24)31-28(23)22-13-17-26(36-2)18-14-22/h5-7,9-20H,3-4,8H2,1-2H3/b27-19-. The van der Waals surface area contributed by atoms with Crippen LogP contribution >= 0.6 is 11.8 Å². The van der Waals surface area contributed by atoms with E-state index in [2.05, 4.69) is 6.92 Å². The highest BCUT2D eigenvalue weighted by molar-refractivity contribution is 8.19. The largest absolute Gasteiger partial charge is 0.497 e. The number of carbonyl (C=O) groups excluding carboxylic acids is 2. The first kappa shape index (κ1) is 24.6. The monoisotopic (exact) mass is 509 g/mol. The number of methoxy groups -OCH3 is 1. The topological polar surface area (TPSA) is 64.4 Å². The lowest BCUT2D eigenvalue weighted by molar-refractivity contribution is -0.113. The summed E-state index contributed by atoms with van der Waals surface area (Å²) in [6.07, 6.45) is 6.85. The maximum atomic E-state index is 13.4. The fourth-order valence-electron chi connectivity index (χ4n) is 4.20. The first-order valence-corrected chi connectivity index (χ1v) is 13.1. The summed E-state index contributed by atoms with van der Waals surface area (Å²) in [5.41, 5.74) is 5.01. The van der Waals surface area contributed by atoms with Gasteiger partial charge in [0, 0.05) is 17.3 Å². The summed E-state index contributed by atoms with van der Waals surface area (Å²) < 4.78 is 7.08. The van der Waals surface area contributed by atoms with Crippen LogP contribution in [0.5, 0.6) is 5.75 Å². The summed E-state index contributed by atoms with van der Waals surface area (Å²) in [6.45, 7) is 2.16. The third kappa shape index (κ3) is 5.22. The highest BCUT2D eigenvalue weighted by Crippen LogP contribution is 2.37. The van der Waals surface area contributed by atoms with Gasteiger partial charge in [-0.3, -0.25) is 9.59 Å². The van der Waals surface area contributed by atoms with Crippen LogP contribution in [0.3, 0.4) is 0 Å². The third-order valence-corrected chi connectivity index (χ3v) is 7.09. The zero-order valence-corrected chi connectivity index (χ0v) is 21.6. The first-order chi connectivity index (χ1) is 18.1. The molecule has 7 heteroatoms. The van der Waals surface area contributed by atoms with Gasteiger partial charge in [0.2, 0.25) is 0 Å². The fourth-order valence-corrected chi connectivity index (χ4v) is 5.04. The number of nitrogens with zero attached hydrogens (tertiary/aromatic N) is 3. The van der Waals surface area contributed by atoms with E-state index in [-0.39, 0.29) is 11.1 Å². The number of aromatic nitrogens is 2. The Hall–Kier alpha value is -4.10. The summed E-state index contributed by atoms with van der Waals surface area (Å²) in [5, 5.41) is 4.51. The van der Waals surface area contributed by atoms with E-state index >= 15 is 0 Å². The number of para-hydroxylation sites is 1. The number of imide groups is 1. The molecule has 1 fully saturated rings. The summed E-state index contributed by atoms with van der Waals surface area (Å²) in [5.74, 6) is 0.416. The van der Waals surface area contributed by atoms with E-state index in [1.165, 1.54) is 10.5 Å². The van der Waals surface area contributed by atoms with Crippen molar-refractivity contribution in [1.82, 2.24) is 9.78 Å². The fraction of sp³-hybridized carbons (Fsp3) is 0.167. The van der Waals surface area contributed by atoms with Gasteiger partial charge in [-0.05, 0) is 84.8 Å². The number of thioether (sulfide) groups is 1. The SMILES string of the molecule is CCCCc1ccc(N2C(=O)S/C(=C\c3cn(-c4ccccc4)nc3-c3ccc(OC)cc3)C2=O)cc1. The normalized spacial score (nSPS) is 14.5. The van der Waals surface area contributed by atoms with Crippen LogP contribution in [-0.4, -0.2) is 28.0 Å². The minimum Gasteiger partial charge on any atom is -0.497 e. The zero-order chi connectivity index (χ0) is 25.8. The molecule has 1 aromatic heterocycles. The second kappa shape index (κ2) is 10.9. The minimum absolute atomic E-state index is 0.306. The molecule has 0 spiro atoms. The Morgan fingerprint density at radius 1 is 0.919 bits per heavy atom. The predicted molar refractivity (Wildman–Crippen MR) is 149 cm³/mol. The molecule has 37 heavy (non-hydrogen) atoms. The molecule has 0 unspecified atom stereocenters. The molecular formula is C30H27N3O3S. The van der Waals surface area contributed by atoms with Gasteiger partial charge in [0.15, 0.2) is 0 Å². The summed E-state index contributed by atoms with van der Waals surface area (Å²) in [7, 11) is 1.62. The van der Waals surface area contributed by atoms with Crippen LogP contribution in [0.1, 0.15) is 30.9 Å². The van der Waals surface area contributed by atoms with Crippen molar-refractivity contribution in [2.75, 3.05) is 12.0 Å². The van der Waals surface area contributed by atoms with Gasteiger partial charge in [0.1, 0.15) is 5.75 Å². The maximum Gasteiger partial charge on any atom is 0.298 e. The molecule has 0 N–H and O–H groups in total. The Morgan fingerprint density at radius 2 is 1.65 bits per heavy atom. The molecule has 1 saturated heterocycles. The van der Waals surface area contributed by atoms with Gasteiger partial charge in [0.05, 0.1) is 29.1 Å². The van der Waals surface area contributed by atoms with E-state index in [1.807, 2.05) is 85.1 Å². The number of rotatable bonds is 8. The van der Waals surface area contributed by atoms with Crippen molar-refractivity contribution in [3.8, 4) is 22.7 Å². The number of unbranched alkanes of at least 4 members (excludes halogenated alkanes) is 1. The molecule has 4 aromatic rings. The Bertz CT molecular complexity index is 1440. The minimum atomic E-state index is -0.329. The van der Waals surface area contributed by atoms with E-state index in [9.17, 15) is 9.59 Å². The molecular weight excluding hydrogens is 482 g/mol. The van der Waals surface area contributed by atoms with Gasteiger partial charge in [0.25, 0.3) is 11.1 Å². The van der Waals surface area contributed by atoms with E-state index < -0.39 is 0 Å². The average molecular weight is 510 g/mol. The van der Waals surface area contributed by atoms with Gasteiger partial charge in [-0.1, -0.05) is 43.7 Å². The van der Waals surface area contributed by atoms with E-state index in [0.29, 0.717) is 16.3 Å². The van der Waals surface area contributed by atoms with Crippen molar-refractivity contribution < 1.29 is 14.3 Å². The molecule has 1 aliphatic heterocycles. The van der Waals surface area contributed by atoms with Crippen LogP contribution in [0.4, 0.5) is 10.5 Å². The number of carbonyl (C=O) groups is 2. The van der Waals surface area contributed by atoms with Gasteiger partial charge in [-0.25, -0.2) is 9.58 Å². The molecule has 6 nitrogen and oxygen atoms in total. The number of amides is 2. The van der Waals surface area contributed by atoms with Crippen LogP contribution in [0.25, 0.3) is 23.0 Å². The van der Waals surface area contributed by atoms with Crippen LogP contribution in [0.2, 0.25) is 0 Å². The van der Waals surface area contributed by atoms with Gasteiger partial charge >= 0.3 is 0 Å². The van der Waals surface area contributed by atoms with Gasteiger partial charge in [-0.15, -0.1) is 0 Å². The number of hydrogen-bond acceptors (Lipinski definition) is 5. The van der Waals surface area contributed by atoms with Crippen molar-refractivity contribution in [3.63, 3.8) is 0 Å². The number of aryl methyl sites for hydroxylation is 1. The Morgan fingerprint density at radius 3 is 2.32 bits per heavy atom. The lowest BCUT2D eigenvalue weighted by atomic mass is 10.1. The highest BCUT2D eigenvalue weighted by Gasteiger charge is 2.36. The average Bonchev–Trinajstić information content (AvgIpc) is 3.48. The van der Waals surface area contributed by atoms with Crippen molar-refractivity contribution in [1.29, 1.82) is 0 Å². The van der Waals surface area contributed by atoms with Crippen LogP contribution in [-0.2, 0) is 11.2 Å². The number of anilines is 1. The summed E-state index contributed by atoms with van der Waals surface area (Å²) >= 11 is 0.946. The molecule has 2 heterocycles. The van der Waals surface area contributed by atoms with Crippen LogP contribution in [0.15, 0.2) is 90.0 Å². The Kier molecular flexibility index (Phi) is 7.23. The second-order valence-corrected chi connectivity index (χ2v) is 9.72. The van der Waals surface area contributed by atoms with Gasteiger partial charge in [-0.2, -0.15) is 5.10 Å². The summed E-state index contributed by atoms with van der Waals surface area (Å²) in [6, 6.07) is 25.1. The number of hydrogen-bond donors (Lipinski definition) is 0. The van der Waals surface area contributed by atoms with Crippen molar-refractivity contribution in [3.05, 3.63) is 101 Å². The van der Waals surface area contributed by atoms with Crippen molar-refractivity contribution in [2.45, 2.75) is 26.2 Å². The molecule has 1 aliphatic rings. The molecule has 0 atom stereocenters.